The predicted molar refractivity (Wildman–Crippen MR) is 101 cm³/mol. The quantitative estimate of drug-likeness (QED) is 0.761. The van der Waals surface area contributed by atoms with E-state index in [0.717, 1.165) is 38.9 Å². The van der Waals surface area contributed by atoms with Crippen LogP contribution in [0.5, 0.6) is 11.5 Å². The molecular weight excluding hydrogens is 340 g/mol. The molecule has 1 saturated heterocycles. The Morgan fingerprint density at radius 2 is 2.16 bits per heavy atom. The molecule has 0 aromatic heterocycles. The van der Waals surface area contributed by atoms with Gasteiger partial charge in [0.15, 0.2) is 11.5 Å². The molecule has 0 radical (unpaired) electrons. The zero-order valence-corrected chi connectivity index (χ0v) is 16.2. The summed E-state index contributed by atoms with van der Waals surface area (Å²) in [7, 11) is 1.95. The average molecular weight is 369 g/mol. The normalized spacial score (nSPS) is 17.4. The molecule has 1 amide bonds. The van der Waals surface area contributed by atoms with Crippen LogP contribution in [0.1, 0.15) is 43.5 Å². The topological polar surface area (TPSA) is 50.8 Å². The highest BCUT2D eigenvalue weighted by Crippen LogP contribution is 2.37. The summed E-state index contributed by atoms with van der Waals surface area (Å²) in [4.78, 5) is 14.9. The smallest absolute Gasteiger partial charge is 0.254 e. The Hall–Kier alpha value is -1.46. The molecule has 1 aromatic rings. The molecule has 1 fully saturated rings. The van der Waals surface area contributed by atoms with Crippen LogP contribution in [-0.4, -0.2) is 50.7 Å². The van der Waals surface area contributed by atoms with Crippen molar-refractivity contribution in [2.75, 3.05) is 39.9 Å². The van der Waals surface area contributed by atoms with E-state index in [4.69, 9.17) is 21.1 Å². The standard InChI is InChI=1S/C19H29ClN2O3/c1-4-9-25-18-16(20)10-15(11-17(18)24-5-2)19(23)22-8-6-7-14(13-22)12-21-3/h10-11,14,21H,4-9,12-13H2,1-3H3. The van der Waals surface area contributed by atoms with Crippen LogP contribution in [0.3, 0.4) is 0 Å². The lowest BCUT2D eigenvalue weighted by Gasteiger charge is -2.33. The van der Waals surface area contributed by atoms with Crippen molar-refractivity contribution >= 4 is 17.5 Å². The van der Waals surface area contributed by atoms with E-state index in [1.807, 2.05) is 25.8 Å². The number of hydrogen-bond acceptors (Lipinski definition) is 4. The minimum absolute atomic E-state index is 0.00528. The Morgan fingerprint density at radius 3 is 2.84 bits per heavy atom. The van der Waals surface area contributed by atoms with Crippen molar-refractivity contribution in [3.63, 3.8) is 0 Å². The van der Waals surface area contributed by atoms with Crippen LogP contribution in [-0.2, 0) is 0 Å². The van der Waals surface area contributed by atoms with Crippen molar-refractivity contribution in [3.8, 4) is 11.5 Å². The van der Waals surface area contributed by atoms with Crippen LogP contribution in [0.15, 0.2) is 12.1 Å². The van der Waals surface area contributed by atoms with Crippen LogP contribution >= 0.6 is 11.6 Å². The maximum Gasteiger partial charge on any atom is 0.254 e. The lowest BCUT2D eigenvalue weighted by molar-refractivity contribution is 0.0673. The number of hydrogen-bond donors (Lipinski definition) is 1. The summed E-state index contributed by atoms with van der Waals surface area (Å²) in [5.41, 5.74) is 0.558. The molecule has 25 heavy (non-hydrogen) atoms. The first-order valence-corrected chi connectivity index (χ1v) is 9.51. The van der Waals surface area contributed by atoms with Gasteiger partial charge in [-0.3, -0.25) is 4.79 Å². The SMILES string of the molecule is CCCOc1c(Cl)cc(C(=O)N2CCCC(CNC)C2)cc1OCC. The van der Waals surface area contributed by atoms with Gasteiger partial charge in [0.25, 0.3) is 5.91 Å². The number of carbonyl (C=O) groups is 1. The Labute approximate surface area is 155 Å². The summed E-state index contributed by atoms with van der Waals surface area (Å²) in [6, 6.07) is 3.45. The second-order valence-electron chi connectivity index (χ2n) is 6.38. The first-order chi connectivity index (χ1) is 12.1. The second kappa shape index (κ2) is 9.88. The molecule has 1 unspecified atom stereocenters. The molecule has 2 rings (SSSR count). The molecule has 0 bridgehead atoms. The van der Waals surface area contributed by atoms with Crippen molar-refractivity contribution < 1.29 is 14.3 Å². The average Bonchev–Trinajstić information content (AvgIpc) is 2.61. The highest BCUT2D eigenvalue weighted by molar-refractivity contribution is 6.32. The van der Waals surface area contributed by atoms with Crippen molar-refractivity contribution in [3.05, 3.63) is 22.7 Å². The first kappa shape index (κ1) is 19.9. The molecule has 1 N–H and O–H groups in total. The summed E-state index contributed by atoms with van der Waals surface area (Å²) >= 11 is 6.38. The predicted octanol–water partition coefficient (Wildman–Crippen LogP) is 3.60. The minimum Gasteiger partial charge on any atom is -0.490 e. The summed E-state index contributed by atoms with van der Waals surface area (Å²) in [6.45, 7) is 7.47. The van der Waals surface area contributed by atoms with Gasteiger partial charge in [0.2, 0.25) is 0 Å². The second-order valence-corrected chi connectivity index (χ2v) is 6.79. The molecule has 6 heteroatoms. The summed E-state index contributed by atoms with van der Waals surface area (Å²) in [6.07, 6.45) is 3.06. The molecule has 0 spiro atoms. The lowest BCUT2D eigenvalue weighted by Crippen LogP contribution is -2.42. The Kier molecular flexibility index (Phi) is 7.85. The maximum atomic E-state index is 12.9. The fourth-order valence-corrected chi connectivity index (χ4v) is 3.45. The van der Waals surface area contributed by atoms with Crippen molar-refractivity contribution in [1.82, 2.24) is 10.2 Å². The van der Waals surface area contributed by atoms with Crippen LogP contribution in [0.4, 0.5) is 0 Å². The van der Waals surface area contributed by atoms with Gasteiger partial charge in [-0.15, -0.1) is 0 Å². The van der Waals surface area contributed by atoms with Crippen LogP contribution in [0.2, 0.25) is 5.02 Å². The number of halogens is 1. The van der Waals surface area contributed by atoms with Gasteiger partial charge in [-0.1, -0.05) is 18.5 Å². The van der Waals surface area contributed by atoms with E-state index in [-0.39, 0.29) is 5.91 Å². The minimum atomic E-state index is 0.00528. The molecule has 0 aliphatic carbocycles. The number of piperidine rings is 1. The van der Waals surface area contributed by atoms with E-state index < -0.39 is 0 Å². The van der Waals surface area contributed by atoms with Crippen molar-refractivity contribution in [1.29, 1.82) is 0 Å². The molecule has 1 aromatic carbocycles. The van der Waals surface area contributed by atoms with E-state index in [1.54, 1.807) is 12.1 Å². The monoisotopic (exact) mass is 368 g/mol. The lowest BCUT2D eigenvalue weighted by atomic mass is 9.97. The van der Waals surface area contributed by atoms with Gasteiger partial charge in [0.05, 0.1) is 18.2 Å². The molecular formula is C19H29ClN2O3. The third-order valence-corrected chi connectivity index (χ3v) is 4.59. The highest BCUT2D eigenvalue weighted by Gasteiger charge is 2.25. The highest BCUT2D eigenvalue weighted by atomic mass is 35.5. The van der Waals surface area contributed by atoms with Gasteiger partial charge >= 0.3 is 0 Å². The summed E-state index contributed by atoms with van der Waals surface area (Å²) in [5, 5.41) is 3.63. The Morgan fingerprint density at radius 1 is 1.36 bits per heavy atom. The van der Waals surface area contributed by atoms with Gasteiger partial charge in [-0.25, -0.2) is 0 Å². The molecule has 140 valence electrons. The third-order valence-electron chi connectivity index (χ3n) is 4.31. The van der Waals surface area contributed by atoms with Crippen molar-refractivity contribution in [2.24, 2.45) is 5.92 Å². The summed E-state index contributed by atoms with van der Waals surface area (Å²) in [5.74, 6) is 1.56. The maximum absolute atomic E-state index is 12.9. The van der Waals surface area contributed by atoms with Gasteiger partial charge in [0.1, 0.15) is 0 Å². The zero-order chi connectivity index (χ0) is 18.2. The van der Waals surface area contributed by atoms with E-state index in [0.29, 0.717) is 41.2 Å². The number of amides is 1. The van der Waals surface area contributed by atoms with Gasteiger partial charge in [0, 0.05) is 18.7 Å². The molecule has 0 saturated carbocycles. The largest absolute Gasteiger partial charge is 0.490 e. The molecule has 5 nitrogen and oxygen atoms in total. The van der Waals surface area contributed by atoms with Crippen LogP contribution in [0, 0.1) is 5.92 Å². The Balaban J connectivity index is 2.21. The summed E-state index contributed by atoms with van der Waals surface area (Å²) < 4.78 is 11.4. The number of ether oxygens (including phenoxy) is 2. The Bertz CT molecular complexity index is 578. The van der Waals surface area contributed by atoms with Crippen LogP contribution < -0.4 is 14.8 Å². The van der Waals surface area contributed by atoms with E-state index >= 15 is 0 Å². The van der Waals surface area contributed by atoms with E-state index in [2.05, 4.69) is 5.32 Å². The number of likely N-dealkylation sites (tertiary alicyclic amines) is 1. The van der Waals surface area contributed by atoms with Gasteiger partial charge in [-0.05, 0) is 57.8 Å². The third kappa shape index (κ3) is 5.25. The van der Waals surface area contributed by atoms with Gasteiger partial charge in [-0.2, -0.15) is 0 Å². The molecule has 1 aliphatic rings. The molecule has 1 atom stereocenters. The fraction of sp³-hybridized carbons (Fsp3) is 0.632. The van der Waals surface area contributed by atoms with E-state index in [1.165, 1.54) is 0 Å². The number of nitrogens with zero attached hydrogens (tertiary/aromatic N) is 1. The number of rotatable bonds is 8. The van der Waals surface area contributed by atoms with Crippen LogP contribution in [0.25, 0.3) is 0 Å². The van der Waals surface area contributed by atoms with Crippen molar-refractivity contribution in [2.45, 2.75) is 33.1 Å². The number of nitrogens with one attached hydrogen (secondary N) is 1. The zero-order valence-electron chi connectivity index (χ0n) is 15.4. The number of carbonyl (C=O) groups excluding carboxylic acids is 1. The first-order valence-electron chi connectivity index (χ1n) is 9.13. The number of benzene rings is 1. The molecule has 1 aliphatic heterocycles. The van der Waals surface area contributed by atoms with E-state index in [9.17, 15) is 4.79 Å². The van der Waals surface area contributed by atoms with Gasteiger partial charge < -0.3 is 19.7 Å². The fourth-order valence-electron chi connectivity index (χ4n) is 3.19. The molecule has 1 heterocycles.